The van der Waals surface area contributed by atoms with Crippen molar-refractivity contribution in [2.24, 2.45) is 0 Å². The highest BCUT2D eigenvalue weighted by Gasteiger charge is 2.53. The van der Waals surface area contributed by atoms with Crippen molar-refractivity contribution in [3.63, 3.8) is 0 Å². The Kier molecular flexibility index (Phi) is 5.02. The molecule has 0 aromatic heterocycles. The summed E-state index contributed by atoms with van der Waals surface area (Å²) < 4.78 is 25.8. The molecule has 0 unspecified atom stereocenters. The van der Waals surface area contributed by atoms with Gasteiger partial charge in [0.25, 0.3) is 0 Å². The minimum absolute atomic E-state index is 0.0230. The average Bonchev–Trinajstić information content (AvgIpc) is 3.47. The molecule has 2 aromatic rings. The first kappa shape index (κ1) is 21.0. The molecule has 30 heavy (non-hydrogen) atoms. The Labute approximate surface area is 180 Å². The zero-order valence-electron chi connectivity index (χ0n) is 17.4. The molecule has 2 aromatic carbocycles. The van der Waals surface area contributed by atoms with Crippen molar-refractivity contribution in [1.29, 1.82) is 0 Å². The van der Waals surface area contributed by atoms with Crippen molar-refractivity contribution in [1.82, 2.24) is 0 Å². The highest BCUT2D eigenvalue weighted by atomic mass is 35.5. The molecule has 2 fully saturated rings. The van der Waals surface area contributed by atoms with Crippen LogP contribution in [0.1, 0.15) is 63.5 Å². The summed E-state index contributed by atoms with van der Waals surface area (Å²) in [6.07, 6.45) is 2.02. The van der Waals surface area contributed by atoms with E-state index in [9.17, 15) is 14.0 Å². The third-order valence-corrected chi connectivity index (χ3v) is 5.96. The number of benzene rings is 2. The number of ketones is 2. The van der Waals surface area contributed by atoms with Crippen LogP contribution < -0.4 is 4.74 Å². The zero-order valence-corrected chi connectivity index (χ0v) is 18.2. The third-order valence-electron chi connectivity index (χ3n) is 5.73. The molecule has 6 heteroatoms. The van der Waals surface area contributed by atoms with Crippen LogP contribution in [-0.4, -0.2) is 22.8 Å². The summed E-state index contributed by atoms with van der Waals surface area (Å²) in [5.74, 6) is -1.38. The number of rotatable bonds is 4. The highest BCUT2D eigenvalue weighted by Crippen LogP contribution is 2.47. The van der Waals surface area contributed by atoms with E-state index in [1.54, 1.807) is 39.8 Å². The zero-order chi connectivity index (χ0) is 21.8. The number of ether oxygens (including phenoxy) is 2. The molecule has 0 spiro atoms. The van der Waals surface area contributed by atoms with Gasteiger partial charge in [-0.2, -0.15) is 0 Å². The lowest BCUT2D eigenvalue weighted by Crippen LogP contribution is -2.58. The van der Waals surface area contributed by atoms with Gasteiger partial charge in [0.05, 0.1) is 0 Å². The molecule has 4 nitrogen and oxygen atoms in total. The van der Waals surface area contributed by atoms with E-state index in [0.717, 1.165) is 18.4 Å². The molecule has 4 rings (SSSR count). The van der Waals surface area contributed by atoms with Crippen LogP contribution >= 0.6 is 11.6 Å². The van der Waals surface area contributed by atoms with Crippen LogP contribution in [0.15, 0.2) is 36.4 Å². The lowest BCUT2D eigenvalue weighted by atomic mass is 9.73. The van der Waals surface area contributed by atoms with E-state index < -0.39 is 22.9 Å². The Morgan fingerprint density at radius 2 is 1.60 bits per heavy atom. The van der Waals surface area contributed by atoms with Crippen LogP contribution in [-0.2, 0) is 14.3 Å². The number of hydrogen-bond acceptors (Lipinski definition) is 4. The Balaban J connectivity index is 1.78. The van der Waals surface area contributed by atoms with Gasteiger partial charge in [-0.1, -0.05) is 17.7 Å². The van der Waals surface area contributed by atoms with Gasteiger partial charge in [-0.3, -0.25) is 9.59 Å². The normalized spacial score (nSPS) is 21.0. The van der Waals surface area contributed by atoms with Crippen LogP contribution in [0.4, 0.5) is 4.39 Å². The van der Waals surface area contributed by atoms with Crippen LogP contribution in [0.2, 0.25) is 5.02 Å². The summed E-state index contributed by atoms with van der Waals surface area (Å²) in [6.45, 7) is 6.76. The first-order chi connectivity index (χ1) is 14.0. The van der Waals surface area contributed by atoms with Gasteiger partial charge in [0, 0.05) is 5.02 Å². The molecule has 1 aliphatic heterocycles. The summed E-state index contributed by atoms with van der Waals surface area (Å²) in [5, 5.41) is 0.271. The molecule has 2 aliphatic rings. The SMILES string of the molecule is CC1(C)OC(C)(C)C(=O)C(c2cc(Oc3ccc(Cl)cc3F)ccc2C2CC2)C1=O. The van der Waals surface area contributed by atoms with E-state index in [4.69, 9.17) is 21.1 Å². The molecule has 1 heterocycles. The molecule has 0 N–H and O–H groups in total. The van der Waals surface area contributed by atoms with Gasteiger partial charge in [-0.25, -0.2) is 4.39 Å². The summed E-state index contributed by atoms with van der Waals surface area (Å²) in [5.41, 5.74) is -0.590. The lowest BCUT2D eigenvalue weighted by molar-refractivity contribution is -0.184. The maximum atomic E-state index is 14.2. The summed E-state index contributed by atoms with van der Waals surface area (Å²) in [4.78, 5) is 26.5. The second-order valence-electron chi connectivity index (χ2n) is 9.03. The number of halogens is 2. The van der Waals surface area contributed by atoms with Gasteiger partial charge in [0.2, 0.25) is 0 Å². The number of hydrogen-bond donors (Lipinski definition) is 0. The van der Waals surface area contributed by atoms with Crippen molar-refractivity contribution in [2.45, 2.75) is 63.6 Å². The van der Waals surface area contributed by atoms with Crippen molar-refractivity contribution < 1.29 is 23.5 Å². The first-order valence-electron chi connectivity index (χ1n) is 10.0. The molecule has 158 valence electrons. The second-order valence-corrected chi connectivity index (χ2v) is 9.46. The predicted molar refractivity (Wildman–Crippen MR) is 112 cm³/mol. The standard InChI is InChI=1S/C24H24ClFO4/c1-23(2)21(27)20(22(28)24(3,4)30-23)17-12-15(8-9-16(17)13-5-6-13)29-19-10-7-14(25)11-18(19)26/h7-13,20H,5-6H2,1-4H3. The van der Waals surface area contributed by atoms with E-state index in [1.807, 2.05) is 6.07 Å². The van der Waals surface area contributed by atoms with Crippen LogP contribution in [0.5, 0.6) is 11.5 Å². The van der Waals surface area contributed by atoms with E-state index in [-0.39, 0.29) is 22.3 Å². The summed E-state index contributed by atoms with van der Waals surface area (Å²) in [6, 6.07) is 9.48. The monoisotopic (exact) mass is 430 g/mol. The average molecular weight is 431 g/mol. The van der Waals surface area contributed by atoms with E-state index in [2.05, 4.69) is 0 Å². The van der Waals surface area contributed by atoms with Crippen molar-refractivity contribution in [3.05, 3.63) is 58.4 Å². The third kappa shape index (κ3) is 3.77. The molecule has 0 atom stereocenters. The van der Waals surface area contributed by atoms with Crippen molar-refractivity contribution in [2.75, 3.05) is 0 Å². The second kappa shape index (κ2) is 7.17. The largest absolute Gasteiger partial charge is 0.454 e. The van der Waals surface area contributed by atoms with Crippen LogP contribution in [0.3, 0.4) is 0 Å². The van der Waals surface area contributed by atoms with Gasteiger partial charge in [-0.05, 0) is 87.9 Å². The summed E-state index contributed by atoms with van der Waals surface area (Å²) >= 11 is 5.81. The van der Waals surface area contributed by atoms with Gasteiger partial charge in [-0.15, -0.1) is 0 Å². The molecular formula is C24H24ClFO4. The van der Waals surface area contributed by atoms with Crippen molar-refractivity contribution >= 4 is 23.2 Å². The Hall–Kier alpha value is -2.24. The topological polar surface area (TPSA) is 52.6 Å². The number of carbonyl (C=O) groups excluding carboxylic acids is 2. The quantitative estimate of drug-likeness (QED) is 0.562. The van der Waals surface area contributed by atoms with E-state index in [0.29, 0.717) is 17.2 Å². The van der Waals surface area contributed by atoms with Crippen LogP contribution in [0.25, 0.3) is 0 Å². The molecular weight excluding hydrogens is 407 g/mol. The maximum absolute atomic E-state index is 14.2. The smallest absolute Gasteiger partial charge is 0.179 e. The maximum Gasteiger partial charge on any atom is 0.179 e. The lowest BCUT2D eigenvalue weighted by Gasteiger charge is -2.43. The minimum atomic E-state index is -1.10. The van der Waals surface area contributed by atoms with Crippen LogP contribution in [0, 0.1) is 5.82 Å². The molecule has 1 aliphatic carbocycles. The van der Waals surface area contributed by atoms with Crippen molar-refractivity contribution in [3.8, 4) is 11.5 Å². The van der Waals surface area contributed by atoms with E-state index >= 15 is 0 Å². The van der Waals surface area contributed by atoms with Gasteiger partial charge < -0.3 is 9.47 Å². The molecule has 1 saturated heterocycles. The molecule has 0 radical (unpaired) electrons. The Bertz CT molecular complexity index is 1010. The van der Waals surface area contributed by atoms with E-state index in [1.165, 1.54) is 18.2 Å². The molecule has 0 bridgehead atoms. The molecule has 1 saturated carbocycles. The van der Waals surface area contributed by atoms with Gasteiger partial charge in [0.15, 0.2) is 23.1 Å². The highest BCUT2D eigenvalue weighted by molar-refractivity contribution is 6.30. The fourth-order valence-corrected chi connectivity index (χ4v) is 4.31. The molecule has 0 amide bonds. The summed E-state index contributed by atoms with van der Waals surface area (Å²) in [7, 11) is 0. The fourth-order valence-electron chi connectivity index (χ4n) is 4.15. The van der Waals surface area contributed by atoms with Gasteiger partial charge >= 0.3 is 0 Å². The predicted octanol–water partition coefficient (Wildman–Crippen LogP) is 5.96. The first-order valence-corrected chi connectivity index (χ1v) is 10.4. The number of Topliss-reactive ketones (excluding diaryl/α,β-unsaturated/α-hetero) is 2. The van der Waals surface area contributed by atoms with Gasteiger partial charge in [0.1, 0.15) is 22.9 Å². The minimum Gasteiger partial charge on any atom is -0.454 e. The Morgan fingerprint density at radius 3 is 2.17 bits per heavy atom. The fraction of sp³-hybridized carbons (Fsp3) is 0.417. The Morgan fingerprint density at radius 1 is 0.967 bits per heavy atom. The number of carbonyl (C=O) groups is 2.